The number of halogens is 3. The Morgan fingerprint density at radius 1 is 1.12 bits per heavy atom. The third-order valence-electron chi connectivity index (χ3n) is 5.05. The molecule has 0 aromatic rings. The standard InChI is InChI=1S/C17H34N4O.3ClH/c1-15(14-21-11-9-20(2)10-12-21)13-19-17(22)4-3-16-5-7-18-8-6-16;;;/h15-16,18H,3-14H2,1-2H3,(H,19,22);3*1H. The minimum Gasteiger partial charge on any atom is -0.356 e. The Kier molecular flexibility index (Phi) is 16.8. The number of nitrogens with one attached hydrogen (secondary N) is 2. The van der Waals surface area contributed by atoms with E-state index in [0.717, 1.165) is 64.7 Å². The lowest BCUT2D eigenvalue weighted by Crippen LogP contribution is -2.46. The zero-order valence-electron chi connectivity index (χ0n) is 15.7. The molecule has 0 radical (unpaired) electrons. The van der Waals surface area contributed by atoms with Crippen LogP contribution < -0.4 is 10.6 Å². The van der Waals surface area contributed by atoms with Gasteiger partial charge >= 0.3 is 0 Å². The van der Waals surface area contributed by atoms with E-state index >= 15 is 0 Å². The molecule has 2 aliphatic rings. The lowest BCUT2D eigenvalue weighted by molar-refractivity contribution is -0.121. The predicted molar refractivity (Wildman–Crippen MR) is 113 cm³/mol. The number of piperazine rings is 1. The first-order valence-electron chi connectivity index (χ1n) is 9.02. The predicted octanol–water partition coefficient (Wildman–Crippen LogP) is 2.03. The zero-order chi connectivity index (χ0) is 15.8. The number of nitrogens with zero attached hydrogens (tertiary/aromatic N) is 2. The fraction of sp³-hybridized carbons (Fsp3) is 0.941. The van der Waals surface area contributed by atoms with Crippen LogP contribution in [0.3, 0.4) is 0 Å². The highest BCUT2D eigenvalue weighted by Gasteiger charge is 2.17. The molecule has 1 unspecified atom stereocenters. The third-order valence-corrected chi connectivity index (χ3v) is 5.05. The number of hydrogen-bond donors (Lipinski definition) is 2. The minimum atomic E-state index is 0. The van der Waals surface area contributed by atoms with Gasteiger partial charge in [0.25, 0.3) is 0 Å². The van der Waals surface area contributed by atoms with Crippen molar-refractivity contribution >= 4 is 43.1 Å². The van der Waals surface area contributed by atoms with Gasteiger partial charge in [-0.25, -0.2) is 0 Å². The summed E-state index contributed by atoms with van der Waals surface area (Å²) in [5, 5.41) is 6.50. The maximum atomic E-state index is 12.0. The lowest BCUT2D eigenvalue weighted by atomic mass is 9.93. The minimum absolute atomic E-state index is 0. The van der Waals surface area contributed by atoms with Crippen molar-refractivity contribution in [1.82, 2.24) is 20.4 Å². The van der Waals surface area contributed by atoms with E-state index in [1.807, 2.05) is 0 Å². The van der Waals surface area contributed by atoms with Gasteiger partial charge in [-0.3, -0.25) is 4.79 Å². The van der Waals surface area contributed by atoms with Gasteiger partial charge in [-0.15, -0.1) is 37.2 Å². The summed E-state index contributed by atoms with van der Waals surface area (Å²) in [6.07, 6.45) is 4.21. The van der Waals surface area contributed by atoms with Crippen molar-refractivity contribution < 1.29 is 4.79 Å². The van der Waals surface area contributed by atoms with Gasteiger partial charge in [-0.2, -0.15) is 0 Å². The van der Waals surface area contributed by atoms with E-state index in [-0.39, 0.29) is 43.1 Å². The molecule has 2 fully saturated rings. The van der Waals surface area contributed by atoms with Gasteiger partial charge in [0, 0.05) is 45.7 Å². The second kappa shape index (κ2) is 15.3. The first-order chi connectivity index (χ1) is 10.6. The van der Waals surface area contributed by atoms with Gasteiger partial charge in [0.2, 0.25) is 5.91 Å². The van der Waals surface area contributed by atoms with Crippen LogP contribution in [0.1, 0.15) is 32.6 Å². The van der Waals surface area contributed by atoms with Crippen LogP contribution in [0.5, 0.6) is 0 Å². The van der Waals surface area contributed by atoms with E-state index in [1.165, 1.54) is 12.8 Å². The van der Waals surface area contributed by atoms with E-state index < -0.39 is 0 Å². The second-order valence-electron chi connectivity index (χ2n) is 7.25. The highest BCUT2D eigenvalue weighted by molar-refractivity contribution is 5.86. The third kappa shape index (κ3) is 11.5. The molecule has 2 rings (SSSR count). The van der Waals surface area contributed by atoms with Crippen LogP contribution in [0.15, 0.2) is 0 Å². The van der Waals surface area contributed by atoms with Gasteiger partial charge in [0.15, 0.2) is 0 Å². The summed E-state index contributed by atoms with van der Waals surface area (Å²) in [6, 6.07) is 0. The summed E-state index contributed by atoms with van der Waals surface area (Å²) >= 11 is 0. The molecule has 0 bridgehead atoms. The molecule has 1 atom stereocenters. The fourth-order valence-corrected chi connectivity index (χ4v) is 3.42. The van der Waals surface area contributed by atoms with Crippen molar-refractivity contribution in [2.24, 2.45) is 11.8 Å². The van der Waals surface area contributed by atoms with Crippen molar-refractivity contribution in [3.8, 4) is 0 Å². The molecule has 152 valence electrons. The summed E-state index contributed by atoms with van der Waals surface area (Å²) in [6.45, 7) is 11.0. The normalized spacial score (nSPS) is 20.6. The van der Waals surface area contributed by atoms with E-state index in [4.69, 9.17) is 0 Å². The molecule has 0 spiro atoms. The maximum Gasteiger partial charge on any atom is 0.220 e. The molecule has 2 heterocycles. The van der Waals surface area contributed by atoms with Gasteiger partial charge in [-0.05, 0) is 51.2 Å². The molecule has 0 aromatic heterocycles. The van der Waals surface area contributed by atoms with Crippen molar-refractivity contribution in [2.45, 2.75) is 32.6 Å². The molecule has 0 aromatic carbocycles. The Morgan fingerprint density at radius 3 is 2.32 bits per heavy atom. The number of hydrogen-bond acceptors (Lipinski definition) is 4. The molecule has 1 amide bonds. The van der Waals surface area contributed by atoms with E-state index in [2.05, 4.69) is 34.4 Å². The van der Waals surface area contributed by atoms with Crippen LogP contribution >= 0.6 is 37.2 Å². The van der Waals surface area contributed by atoms with Gasteiger partial charge in [-0.1, -0.05) is 6.92 Å². The number of carbonyl (C=O) groups is 1. The Morgan fingerprint density at radius 2 is 1.72 bits per heavy atom. The average Bonchev–Trinajstić information content (AvgIpc) is 2.54. The van der Waals surface area contributed by atoms with Crippen LogP contribution in [0.2, 0.25) is 0 Å². The number of amides is 1. The summed E-state index contributed by atoms with van der Waals surface area (Å²) in [5.74, 6) is 1.52. The Bertz CT molecular complexity index is 336. The van der Waals surface area contributed by atoms with Gasteiger partial charge in [0.1, 0.15) is 0 Å². The van der Waals surface area contributed by atoms with Crippen LogP contribution in [0.4, 0.5) is 0 Å². The molecule has 2 N–H and O–H groups in total. The Balaban J connectivity index is 0. The van der Waals surface area contributed by atoms with Crippen LogP contribution in [0.25, 0.3) is 0 Å². The zero-order valence-corrected chi connectivity index (χ0v) is 18.1. The average molecular weight is 420 g/mol. The number of carbonyl (C=O) groups excluding carboxylic acids is 1. The molecular weight excluding hydrogens is 383 g/mol. The van der Waals surface area contributed by atoms with E-state index in [1.54, 1.807) is 0 Å². The molecule has 25 heavy (non-hydrogen) atoms. The maximum absolute atomic E-state index is 12.0. The van der Waals surface area contributed by atoms with Gasteiger partial charge in [0.05, 0.1) is 0 Å². The summed E-state index contributed by atoms with van der Waals surface area (Å²) in [5.41, 5.74) is 0. The molecule has 2 saturated heterocycles. The van der Waals surface area contributed by atoms with E-state index in [9.17, 15) is 4.79 Å². The molecule has 2 aliphatic heterocycles. The Hall–Kier alpha value is 0.220. The van der Waals surface area contributed by atoms with Crippen LogP contribution in [-0.4, -0.2) is 75.1 Å². The molecule has 5 nitrogen and oxygen atoms in total. The summed E-state index contributed by atoms with van der Waals surface area (Å²) < 4.78 is 0. The molecular formula is C17H37Cl3N4O. The number of likely N-dealkylation sites (N-methyl/N-ethyl adjacent to an activating group) is 1. The molecule has 0 aliphatic carbocycles. The highest BCUT2D eigenvalue weighted by Crippen LogP contribution is 2.17. The highest BCUT2D eigenvalue weighted by atomic mass is 35.5. The van der Waals surface area contributed by atoms with Crippen molar-refractivity contribution in [2.75, 3.05) is 59.4 Å². The smallest absolute Gasteiger partial charge is 0.220 e. The second-order valence-corrected chi connectivity index (χ2v) is 7.25. The molecule has 8 heteroatoms. The van der Waals surface area contributed by atoms with Gasteiger partial charge < -0.3 is 20.4 Å². The SMILES string of the molecule is CC(CNC(=O)CCC1CCNCC1)CN1CCN(C)CC1.Cl.Cl.Cl. The van der Waals surface area contributed by atoms with Crippen LogP contribution in [0, 0.1) is 11.8 Å². The van der Waals surface area contributed by atoms with Crippen molar-refractivity contribution in [3.63, 3.8) is 0 Å². The fourth-order valence-electron chi connectivity index (χ4n) is 3.42. The summed E-state index contributed by atoms with van der Waals surface area (Å²) in [7, 11) is 2.18. The number of rotatable bonds is 7. The summed E-state index contributed by atoms with van der Waals surface area (Å²) in [4.78, 5) is 16.9. The lowest BCUT2D eigenvalue weighted by Gasteiger charge is -2.34. The first kappa shape index (κ1) is 27.4. The monoisotopic (exact) mass is 418 g/mol. The number of piperidine rings is 1. The molecule has 0 saturated carbocycles. The Labute approximate surface area is 172 Å². The van der Waals surface area contributed by atoms with Crippen molar-refractivity contribution in [1.29, 1.82) is 0 Å². The first-order valence-corrected chi connectivity index (χ1v) is 9.02. The largest absolute Gasteiger partial charge is 0.356 e. The van der Waals surface area contributed by atoms with Crippen LogP contribution in [-0.2, 0) is 4.79 Å². The topological polar surface area (TPSA) is 47.6 Å². The quantitative estimate of drug-likeness (QED) is 0.663. The van der Waals surface area contributed by atoms with Crippen molar-refractivity contribution in [3.05, 3.63) is 0 Å². The van der Waals surface area contributed by atoms with E-state index in [0.29, 0.717) is 12.3 Å².